The van der Waals surface area contributed by atoms with Crippen molar-refractivity contribution in [2.75, 3.05) is 13.2 Å². The van der Waals surface area contributed by atoms with E-state index in [1.165, 1.54) is 4.46 Å². The summed E-state index contributed by atoms with van der Waals surface area (Å²) in [6.07, 6.45) is 1.56. The number of carbonyl (C=O) groups is 1. The van der Waals surface area contributed by atoms with Gasteiger partial charge in [0.1, 0.15) is 0 Å². The number of rotatable bonds is 9. The van der Waals surface area contributed by atoms with Gasteiger partial charge in [-0.25, -0.2) is 0 Å². The zero-order valence-electron chi connectivity index (χ0n) is 16.0. The zero-order valence-corrected chi connectivity index (χ0v) is 17.7. The number of unbranched alkanes of at least 4 members (excludes halogenated alkanes) is 1. The average Bonchev–Trinajstić information content (AvgIpc) is 2.70. The molecule has 2 aromatic rings. The molecule has 1 amide bonds. The summed E-state index contributed by atoms with van der Waals surface area (Å²) in [7, 11) is 0. The summed E-state index contributed by atoms with van der Waals surface area (Å²) in [6, 6.07) is 20.0. The molecular weight excluding hydrogens is 401 g/mol. The van der Waals surface area contributed by atoms with Gasteiger partial charge in [0.25, 0.3) is 0 Å². The van der Waals surface area contributed by atoms with Crippen LogP contribution in [0.4, 0.5) is 0 Å². The summed E-state index contributed by atoms with van der Waals surface area (Å²) in [5.41, 5.74) is 0.937. The van der Waals surface area contributed by atoms with Gasteiger partial charge in [0.05, 0.1) is 0 Å². The van der Waals surface area contributed by atoms with Crippen LogP contribution in [0.25, 0.3) is 0 Å². The first kappa shape index (κ1) is 21.3. The molecule has 0 fully saturated rings. The van der Waals surface area contributed by atoms with Crippen molar-refractivity contribution < 1.29 is 9.53 Å². The summed E-state index contributed by atoms with van der Waals surface area (Å²) in [5, 5.41) is 3.05. The van der Waals surface area contributed by atoms with Gasteiger partial charge in [-0.1, -0.05) is 0 Å². The summed E-state index contributed by atoms with van der Waals surface area (Å²) in [4.78, 5) is 16.2. The molecule has 0 aliphatic rings. The van der Waals surface area contributed by atoms with Crippen LogP contribution in [0.1, 0.15) is 38.2 Å². The van der Waals surface area contributed by atoms with Crippen LogP contribution in [0, 0.1) is 10.7 Å². The predicted molar refractivity (Wildman–Crippen MR) is 112 cm³/mol. The fourth-order valence-corrected chi connectivity index (χ4v) is 3.89. The van der Waals surface area contributed by atoms with Gasteiger partial charge >= 0.3 is 169 Å². The zero-order chi connectivity index (χ0) is 19.3. The molecule has 3 nitrogen and oxygen atoms in total. The molecule has 0 aliphatic carbocycles. The van der Waals surface area contributed by atoms with Crippen LogP contribution in [-0.2, 0) is 9.53 Å². The van der Waals surface area contributed by atoms with Crippen molar-refractivity contribution in [3.8, 4) is 10.7 Å². The number of ether oxygens (including phenoxy) is 1. The van der Waals surface area contributed by atoms with Gasteiger partial charge in [-0.2, -0.15) is 0 Å². The standard InChI is InChI=1S/C23H27NO2Se/c1-3-5-17-24-23(25)22(19-12-8-6-9-13-19)21(26-4-2)16-18-27-20-14-10-7-11-15-20/h6-15,21-22H,3-5,17H2,1-2H3,(H,24,25). The molecule has 2 aromatic carbocycles. The topological polar surface area (TPSA) is 38.3 Å². The van der Waals surface area contributed by atoms with Crippen LogP contribution in [0.5, 0.6) is 0 Å². The van der Waals surface area contributed by atoms with Crippen molar-refractivity contribution in [2.24, 2.45) is 0 Å². The molecular formula is C23H27NO2Se. The summed E-state index contributed by atoms with van der Waals surface area (Å²) < 4.78 is 7.12. The molecule has 0 saturated heterocycles. The molecule has 142 valence electrons. The monoisotopic (exact) mass is 429 g/mol. The van der Waals surface area contributed by atoms with Gasteiger partial charge in [0.15, 0.2) is 0 Å². The molecule has 0 aromatic heterocycles. The van der Waals surface area contributed by atoms with Crippen LogP contribution >= 0.6 is 0 Å². The third-order valence-corrected chi connectivity index (χ3v) is 5.56. The maximum atomic E-state index is 12.9. The summed E-state index contributed by atoms with van der Waals surface area (Å²) in [5.74, 6) is 2.79. The third kappa shape index (κ3) is 7.23. The normalized spacial score (nSPS) is 12.5. The first-order valence-electron chi connectivity index (χ1n) is 9.43. The number of nitrogens with one attached hydrogen (secondary N) is 1. The van der Waals surface area contributed by atoms with Crippen molar-refractivity contribution in [1.82, 2.24) is 5.32 Å². The molecule has 2 atom stereocenters. The predicted octanol–water partition coefficient (Wildman–Crippen LogP) is 3.08. The fourth-order valence-electron chi connectivity index (χ4n) is 2.66. The summed E-state index contributed by atoms with van der Waals surface area (Å²) in [6.45, 7) is 5.25. The second-order valence-electron chi connectivity index (χ2n) is 6.07. The number of amides is 1. The fraction of sp³-hybridized carbons (Fsp3) is 0.348. The Balaban J connectivity index is 2.21. The van der Waals surface area contributed by atoms with Crippen molar-refractivity contribution >= 4 is 25.3 Å². The van der Waals surface area contributed by atoms with Crippen molar-refractivity contribution in [1.29, 1.82) is 0 Å². The Morgan fingerprint density at radius 3 is 2.37 bits per heavy atom. The second kappa shape index (κ2) is 12.4. The van der Waals surface area contributed by atoms with E-state index in [9.17, 15) is 4.79 Å². The Hall–Kier alpha value is -2.05. The molecule has 2 rings (SSSR count). The van der Waals surface area contributed by atoms with E-state index < -0.39 is 12.0 Å². The van der Waals surface area contributed by atoms with Crippen molar-refractivity contribution in [3.05, 3.63) is 66.2 Å². The SMILES string of the molecule is CCCCNC(=O)C(c1ccccc1)C(C#C[Se]c1ccccc1)OCC. The van der Waals surface area contributed by atoms with E-state index in [1.807, 2.05) is 55.5 Å². The molecule has 0 radical (unpaired) electrons. The molecule has 4 heteroatoms. The Morgan fingerprint density at radius 2 is 1.74 bits per heavy atom. The Kier molecular flexibility index (Phi) is 9.73. The minimum atomic E-state index is -0.454. The van der Waals surface area contributed by atoms with Crippen LogP contribution in [-0.4, -0.2) is 40.1 Å². The van der Waals surface area contributed by atoms with Crippen molar-refractivity contribution in [2.45, 2.75) is 38.7 Å². The van der Waals surface area contributed by atoms with Crippen LogP contribution < -0.4 is 9.78 Å². The second-order valence-corrected chi connectivity index (χ2v) is 7.92. The molecule has 0 aliphatic heterocycles. The van der Waals surface area contributed by atoms with Crippen LogP contribution in [0.2, 0.25) is 0 Å². The first-order valence-corrected chi connectivity index (χ1v) is 11.1. The minimum absolute atomic E-state index is 0.0189. The molecule has 0 bridgehead atoms. The molecule has 27 heavy (non-hydrogen) atoms. The van der Waals surface area contributed by atoms with Crippen molar-refractivity contribution in [3.63, 3.8) is 0 Å². The maximum absolute atomic E-state index is 12.9. The van der Waals surface area contributed by atoms with Gasteiger partial charge in [0, 0.05) is 0 Å². The van der Waals surface area contributed by atoms with Gasteiger partial charge in [-0.3, -0.25) is 0 Å². The third-order valence-electron chi connectivity index (χ3n) is 4.03. The van der Waals surface area contributed by atoms with Gasteiger partial charge < -0.3 is 0 Å². The van der Waals surface area contributed by atoms with E-state index in [-0.39, 0.29) is 20.9 Å². The van der Waals surface area contributed by atoms with E-state index in [0.717, 1.165) is 18.4 Å². The average molecular weight is 428 g/mol. The van der Waals surface area contributed by atoms with E-state index >= 15 is 0 Å². The Labute approximate surface area is 169 Å². The molecule has 0 spiro atoms. The van der Waals surface area contributed by atoms with Crippen LogP contribution in [0.15, 0.2) is 60.7 Å². The summed E-state index contributed by atoms with van der Waals surface area (Å²) >= 11 is 0.0382. The quantitative estimate of drug-likeness (QED) is 0.379. The number of benzene rings is 2. The number of hydrogen-bond donors (Lipinski definition) is 1. The van der Waals surface area contributed by atoms with E-state index in [4.69, 9.17) is 4.74 Å². The van der Waals surface area contributed by atoms with E-state index in [1.54, 1.807) is 0 Å². The van der Waals surface area contributed by atoms with Gasteiger partial charge in [0.2, 0.25) is 0 Å². The van der Waals surface area contributed by atoms with Gasteiger partial charge in [-0.15, -0.1) is 0 Å². The van der Waals surface area contributed by atoms with E-state index in [0.29, 0.717) is 13.2 Å². The number of hydrogen-bond acceptors (Lipinski definition) is 2. The van der Waals surface area contributed by atoms with E-state index in [2.05, 4.69) is 35.1 Å². The first-order chi connectivity index (χ1) is 13.3. The van der Waals surface area contributed by atoms with Crippen LogP contribution in [0.3, 0.4) is 0 Å². The molecule has 0 heterocycles. The Bertz CT molecular complexity index is 737. The molecule has 1 N–H and O–H groups in total. The number of carbonyl (C=O) groups excluding carboxylic acids is 1. The van der Waals surface area contributed by atoms with Gasteiger partial charge in [-0.05, 0) is 0 Å². The molecule has 2 unspecified atom stereocenters. The Morgan fingerprint density at radius 1 is 1.07 bits per heavy atom. The molecule has 0 saturated carbocycles.